The van der Waals surface area contributed by atoms with Crippen LogP contribution in [0.4, 0.5) is 0 Å². The molecule has 7 heteroatoms. The Kier molecular flexibility index (Phi) is 32.8. The molecule has 0 aromatic rings. The van der Waals surface area contributed by atoms with E-state index in [1.807, 2.05) is 0 Å². The second-order valence-corrected chi connectivity index (χ2v) is 2.65. The Morgan fingerprint density at radius 3 is 0.867 bits per heavy atom. The number of hydrogen-bond acceptors (Lipinski definition) is 6. The minimum atomic E-state index is 0. The molecule has 0 radical (unpaired) electrons. The maximum absolute atomic E-state index is 5.17. The molecular weight excluding hydrogens is 239 g/mol. The van der Waals surface area contributed by atoms with Gasteiger partial charge < -0.3 is 33.6 Å². The molecule has 0 aromatic heterocycles. The van der Waals surface area contributed by atoms with E-state index in [0.29, 0.717) is 26.2 Å². The largest absolute Gasteiger partial charge is 2.00 e. The van der Waals surface area contributed by atoms with Gasteiger partial charge in [-0.2, -0.15) is 0 Å². The van der Waals surface area contributed by atoms with Crippen LogP contribution in [-0.2, 0) is 16.5 Å². The van der Waals surface area contributed by atoms with Gasteiger partial charge >= 0.3 is 16.5 Å². The van der Waals surface area contributed by atoms with E-state index in [4.69, 9.17) is 22.9 Å². The van der Waals surface area contributed by atoms with Gasteiger partial charge in [-0.25, -0.2) is 0 Å². The van der Waals surface area contributed by atoms with Gasteiger partial charge in [-0.3, -0.25) is 0 Å². The van der Waals surface area contributed by atoms with E-state index in [9.17, 15) is 0 Å². The molecule has 0 aromatic carbocycles. The van der Waals surface area contributed by atoms with Gasteiger partial charge in [0.1, 0.15) is 0 Å². The summed E-state index contributed by atoms with van der Waals surface area (Å²) >= 11 is 0. The minimum Gasteiger partial charge on any atom is -0.329 e. The van der Waals surface area contributed by atoms with Crippen molar-refractivity contribution in [3.8, 4) is 0 Å². The van der Waals surface area contributed by atoms with Gasteiger partial charge in [-0.15, -0.1) is 0 Å². The first kappa shape index (κ1) is 20.6. The van der Waals surface area contributed by atoms with Gasteiger partial charge in [0.25, 0.3) is 0 Å². The first-order chi connectivity index (χ1) is 6.83. The first-order valence-electron chi connectivity index (χ1n) is 5.05. The average molecular weight is 265 g/mol. The third kappa shape index (κ3) is 31.4. The molecule has 0 aliphatic carbocycles. The molecule has 0 spiro atoms. The molecule has 0 amide bonds. The van der Waals surface area contributed by atoms with Crippen LogP contribution in [-0.4, -0.2) is 52.4 Å². The summed E-state index contributed by atoms with van der Waals surface area (Å²) in [5.41, 5.74) is 20.7. The molecule has 10 N–H and O–H groups in total. The molecular formula is C8H26N6Ni+2. The molecule has 0 bridgehead atoms. The van der Waals surface area contributed by atoms with Crippen LogP contribution in [0.15, 0.2) is 0 Å². The number of nitrogens with one attached hydrogen (secondary N) is 2. The van der Waals surface area contributed by atoms with Crippen LogP contribution in [0.25, 0.3) is 0 Å². The summed E-state index contributed by atoms with van der Waals surface area (Å²) in [6, 6.07) is 0. The number of hydrogen-bond donors (Lipinski definition) is 6. The number of nitrogens with two attached hydrogens (primary N) is 4. The third-order valence-corrected chi connectivity index (χ3v) is 1.28. The summed E-state index contributed by atoms with van der Waals surface area (Å²) in [5.74, 6) is 0. The normalized spacial score (nSPS) is 8.80. The molecule has 0 saturated heterocycles. The van der Waals surface area contributed by atoms with Crippen LogP contribution >= 0.6 is 0 Å². The second kappa shape index (κ2) is 23.8. The third-order valence-electron chi connectivity index (χ3n) is 1.28. The van der Waals surface area contributed by atoms with Crippen LogP contribution in [0.2, 0.25) is 0 Å². The fourth-order valence-electron chi connectivity index (χ4n) is 0.658. The van der Waals surface area contributed by atoms with E-state index < -0.39 is 0 Å². The topological polar surface area (TPSA) is 128 Å². The van der Waals surface area contributed by atoms with Crippen LogP contribution in [0, 0.1) is 0 Å². The van der Waals surface area contributed by atoms with E-state index in [0.717, 1.165) is 26.2 Å². The molecule has 0 atom stereocenters. The maximum Gasteiger partial charge on any atom is 2.00 e. The van der Waals surface area contributed by atoms with Gasteiger partial charge in [-0.1, -0.05) is 0 Å². The zero-order valence-corrected chi connectivity index (χ0v) is 10.3. The summed E-state index contributed by atoms with van der Waals surface area (Å²) in [7, 11) is 0. The first-order valence-corrected chi connectivity index (χ1v) is 5.05. The zero-order chi connectivity index (χ0) is 11.1. The van der Waals surface area contributed by atoms with Gasteiger partial charge in [0.15, 0.2) is 0 Å². The van der Waals surface area contributed by atoms with Gasteiger partial charge in [0.2, 0.25) is 0 Å². The van der Waals surface area contributed by atoms with E-state index >= 15 is 0 Å². The van der Waals surface area contributed by atoms with Crippen molar-refractivity contribution in [1.82, 2.24) is 10.6 Å². The minimum absolute atomic E-state index is 0. The summed E-state index contributed by atoms with van der Waals surface area (Å²) in [6.07, 6.45) is 0. The fourth-order valence-corrected chi connectivity index (χ4v) is 0.658. The van der Waals surface area contributed by atoms with Crippen molar-refractivity contribution < 1.29 is 16.5 Å². The van der Waals surface area contributed by atoms with Crippen LogP contribution in [0.3, 0.4) is 0 Å². The molecule has 0 saturated carbocycles. The van der Waals surface area contributed by atoms with E-state index in [2.05, 4.69) is 10.6 Å². The Morgan fingerprint density at radius 2 is 0.733 bits per heavy atom. The van der Waals surface area contributed by atoms with E-state index in [1.54, 1.807) is 0 Å². The van der Waals surface area contributed by atoms with Crippen molar-refractivity contribution in [1.29, 1.82) is 0 Å². The Hall–Kier alpha value is 0.254. The van der Waals surface area contributed by atoms with Crippen LogP contribution in [0.1, 0.15) is 0 Å². The summed E-state index contributed by atoms with van der Waals surface area (Å²) in [5, 5.41) is 6.07. The van der Waals surface area contributed by atoms with Gasteiger partial charge in [-0.05, 0) is 0 Å². The van der Waals surface area contributed by atoms with Crippen molar-refractivity contribution >= 4 is 0 Å². The van der Waals surface area contributed by atoms with Crippen LogP contribution < -0.4 is 33.6 Å². The molecule has 0 unspecified atom stereocenters. The van der Waals surface area contributed by atoms with Crippen molar-refractivity contribution in [2.24, 2.45) is 22.9 Å². The summed E-state index contributed by atoms with van der Waals surface area (Å²) in [4.78, 5) is 0. The SMILES string of the molecule is NCCNCCN.NCCNCCN.[Ni+2]. The Balaban J connectivity index is -0.000000180. The maximum atomic E-state index is 5.17. The Bertz CT molecular complexity index is 67.5. The Labute approximate surface area is 103 Å². The van der Waals surface area contributed by atoms with Crippen molar-refractivity contribution in [3.63, 3.8) is 0 Å². The number of rotatable bonds is 8. The predicted molar refractivity (Wildman–Crippen MR) is 62.0 cm³/mol. The standard InChI is InChI=1S/2C4H13N3.Ni/c2*5-1-3-7-4-2-6;/h2*7H,1-6H2;/q;;+2. The molecule has 96 valence electrons. The van der Waals surface area contributed by atoms with Gasteiger partial charge in [0, 0.05) is 52.4 Å². The van der Waals surface area contributed by atoms with Crippen LogP contribution in [0.5, 0.6) is 0 Å². The smallest absolute Gasteiger partial charge is 0.329 e. The van der Waals surface area contributed by atoms with Crippen molar-refractivity contribution in [2.75, 3.05) is 52.4 Å². The van der Waals surface area contributed by atoms with E-state index in [-0.39, 0.29) is 16.5 Å². The summed E-state index contributed by atoms with van der Waals surface area (Å²) < 4.78 is 0. The molecule has 15 heavy (non-hydrogen) atoms. The monoisotopic (exact) mass is 264 g/mol. The molecule has 0 rings (SSSR count). The fraction of sp³-hybridized carbons (Fsp3) is 1.00. The van der Waals surface area contributed by atoms with Gasteiger partial charge in [0.05, 0.1) is 0 Å². The van der Waals surface area contributed by atoms with Crippen molar-refractivity contribution in [3.05, 3.63) is 0 Å². The average Bonchev–Trinajstić information content (AvgIpc) is 2.21. The molecule has 0 heterocycles. The van der Waals surface area contributed by atoms with Crippen molar-refractivity contribution in [2.45, 2.75) is 0 Å². The predicted octanol–water partition coefficient (Wildman–Crippen LogP) is -3.02. The second-order valence-electron chi connectivity index (χ2n) is 2.65. The molecule has 0 aliphatic rings. The Morgan fingerprint density at radius 1 is 0.533 bits per heavy atom. The summed E-state index contributed by atoms with van der Waals surface area (Å²) in [6.45, 7) is 6.27. The quantitative estimate of drug-likeness (QED) is 0.205. The zero-order valence-electron chi connectivity index (χ0n) is 9.28. The molecule has 0 fully saturated rings. The van der Waals surface area contributed by atoms with E-state index in [1.165, 1.54) is 0 Å². The molecule has 6 nitrogen and oxygen atoms in total. The molecule has 0 aliphatic heterocycles.